The van der Waals surface area contributed by atoms with Gasteiger partial charge in [-0.2, -0.15) is 0 Å². The Hall–Kier alpha value is -0.331. The van der Waals surface area contributed by atoms with Crippen LogP contribution in [0.25, 0.3) is 0 Å². The predicted molar refractivity (Wildman–Crippen MR) is 23.7 cm³/mol. The van der Waals surface area contributed by atoms with Crippen LogP contribution in [0.5, 0.6) is 5.75 Å². The van der Waals surface area contributed by atoms with Gasteiger partial charge in [-0.15, -0.1) is 12.1 Å². The molecule has 0 aliphatic heterocycles. The first-order valence-electron chi connectivity index (χ1n) is 1.80. The molecule has 0 heterocycles. The van der Waals surface area contributed by atoms with Gasteiger partial charge in [0, 0.05) is 22.8 Å². The molecule has 0 atom stereocenters. The summed E-state index contributed by atoms with van der Waals surface area (Å²) in [5, 5.41) is 8.47. The summed E-state index contributed by atoms with van der Waals surface area (Å²) in [6, 6.07) is 6.85. The third-order valence-corrected chi connectivity index (χ3v) is 0.645. The molecule has 1 N–H and O–H groups in total. The molecule has 0 amide bonds. The number of hydrogen-bond acceptors (Lipinski definition) is 1. The van der Waals surface area contributed by atoms with Crippen LogP contribution in [0, 0.1) is 0 Å². The summed E-state index contributed by atoms with van der Waals surface area (Å²) >= 11 is 0. The minimum Gasteiger partial charge on any atom is -0.566 e. The van der Waals surface area contributed by atoms with Crippen molar-refractivity contribution in [1.29, 1.82) is 0 Å². The van der Waals surface area contributed by atoms with E-state index in [0.717, 1.165) is 0 Å². The van der Waals surface area contributed by atoms with Crippen LogP contribution in [-0.2, 0) is 17.1 Å². The Balaban J connectivity index is 0.000000360. The van der Waals surface area contributed by atoms with Gasteiger partial charge in [-0.25, -0.2) is 12.1 Å². The maximum absolute atomic E-state index is 8.47. The van der Waals surface area contributed by atoms with Crippen molar-refractivity contribution in [2.24, 2.45) is 0 Å². The van der Waals surface area contributed by atoms with Gasteiger partial charge in [-0.05, 0) is 0 Å². The van der Waals surface area contributed by atoms with Crippen molar-refractivity contribution in [3.05, 3.63) is 24.3 Å². The molecule has 0 aliphatic rings. The van der Waals surface area contributed by atoms with Crippen LogP contribution in [0.4, 0.5) is 0 Å². The van der Waals surface area contributed by atoms with E-state index in [9.17, 15) is 0 Å². The molecule has 0 radical (unpaired) electrons. The van der Waals surface area contributed by atoms with Gasteiger partial charge in [0.05, 0.1) is 0 Å². The van der Waals surface area contributed by atoms with Gasteiger partial charge in [-0.1, -0.05) is 0 Å². The minimum atomic E-state index is 0. The smallest absolute Gasteiger partial charge is 0.00174 e. The molecule has 0 bridgehead atoms. The molecule has 0 saturated heterocycles. The van der Waals surface area contributed by atoms with E-state index in [-0.39, 0.29) is 17.1 Å². The van der Waals surface area contributed by atoms with Crippen LogP contribution < -0.4 is 0 Å². The first-order valence-corrected chi connectivity index (χ1v) is 1.80. The Bertz CT molecular complexity index is 112. The van der Waals surface area contributed by atoms with Crippen LogP contribution in [0.1, 0.15) is 0 Å². The fourth-order valence-corrected chi connectivity index (χ4v) is 0.364. The average molecular weight is 137 g/mol. The van der Waals surface area contributed by atoms with E-state index >= 15 is 0 Å². The van der Waals surface area contributed by atoms with E-state index in [4.69, 9.17) is 5.11 Å². The Labute approximate surface area is 52.8 Å². The Kier molecular flexibility index (Phi) is 2.65. The van der Waals surface area contributed by atoms with Crippen LogP contribution in [0.15, 0.2) is 24.3 Å². The molecule has 0 spiro atoms. The van der Waals surface area contributed by atoms with Gasteiger partial charge in [0.1, 0.15) is 0 Å². The van der Waals surface area contributed by atoms with Crippen molar-refractivity contribution in [3.63, 3.8) is 0 Å². The van der Waals surface area contributed by atoms with Crippen molar-refractivity contribution in [2.45, 2.75) is 0 Å². The van der Waals surface area contributed by atoms with Gasteiger partial charge >= 0.3 is 0 Å². The molecule has 0 unspecified atom stereocenters. The van der Waals surface area contributed by atoms with E-state index in [1.807, 2.05) is 0 Å². The van der Waals surface area contributed by atoms with Crippen molar-refractivity contribution in [2.75, 3.05) is 0 Å². The second kappa shape index (κ2) is 2.78. The van der Waals surface area contributed by atoms with Crippen molar-refractivity contribution < 1.29 is 22.2 Å². The molecule has 7 heavy (non-hydrogen) atoms. The monoisotopic (exact) mass is 137 g/mol. The fourth-order valence-electron chi connectivity index (χ4n) is 0.364. The average Bonchev–Trinajstić information content (AvgIpc) is 1.86. The SMILES string of the molecule is O[c-]1cccc1.[Fe]. The second-order valence-corrected chi connectivity index (χ2v) is 1.14. The summed E-state index contributed by atoms with van der Waals surface area (Å²) in [6.07, 6.45) is 0. The van der Waals surface area contributed by atoms with E-state index in [2.05, 4.69) is 0 Å². The first-order chi connectivity index (χ1) is 2.89. The summed E-state index contributed by atoms with van der Waals surface area (Å²) in [6.45, 7) is 0. The van der Waals surface area contributed by atoms with Gasteiger partial charge in [-0.3, -0.25) is 0 Å². The third-order valence-electron chi connectivity index (χ3n) is 0.645. The Morgan fingerprint density at radius 1 is 1.14 bits per heavy atom. The molecule has 1 rings (SSSR count). The molecule has 0 aliphatic carbocycles. The van der Waals surface area contributed by atoms with E-state index in [1.165, 1.54) is 0 Å². The largest absolute Gasteiger partial charge is 0.566 e. The summed E-state index contributed by atoms with van der Waals surface area (Å²) in [5.41, 5.74) is 0. The molecule has 1 aromatic rings. The molecule has 0 saturated carbocycles. The third kappa shape index (κ3) is 1.72. The molecule has 1 aromatic carbocycles. The predicted octanol–water partition coefficient (Wildman–Crippen LogP) is 1.11. The molecule has 2 heteroatoms. The second-order valence-electron chi connectivity index (χ2n) is 1.14. The Morgan fingerprint density at radius 3 is 1.71 bits per heavy atom. The molecular weight excluding hydrogens is 132 g/mol. The van der Waals surface area contributed by atoms with Gasteiger partial charge in [0.15, 0.2) is 0 Å². The number of aromatic hydroxyl groups is 1. The van der Waals surface area contributed by atoms with Crippen LogP contribution in [-0.4, -0.2) is 5.11 Å². The summed E-state index contributed by atoms with van der Waals surface area (Å²) in [5.74, 6) is 0.343. The molecule has 40 valence electrons. The van der Waals surface area contributed by atoms with Crippen molar-refractivity contribution >= 4 is 0 Å². The van der Waals surface area contributed by atoms with Crippen LogP contribution >= 0.6 is 0 Å². The minimum absolute atomic E-state index is 0. The fraction of sp³-hybridized carbons (Fsp3) is 0. The maximum Gasteiger partial charge on any atom is 0.00174 e. The van der Waals surface area contributed by atoms with E-state index < -0.39 is 0 Å². The quantitative estimate of drug-likeness (QED) is 0.419. The summed E-state index contributed by atoms with van der Waals surface area (Å²) in [4.78, 5) is 0. The van der Waals surface area contributed by atoms with Crippen molar-refractivity contribution in [1.82, 2.24) is 0 Å². The first kappa shape index (κ1) is 6.67. The zero-order chi connectivity index (χ0) is 4.41. The van der Waals surface area contributed by atoms with E-state index in [0.29, 0.717) is 5.75 Å². The molecule has 0 fully saturated rings. The molecular formula is C5H5FeO-. The zero-order valence-corrected chi connectivity index (χ0v) is 4.71. The van der Waals surface area contributed by atoms with E-state index in [1.54, 1.807) is 24.3 Å². The van der Waals surface area contributed by atoms with Gasteiger partial charge in [0.25, 0.3) is 0 Å². The Morgan fingerprint density at radius 2 is 1.57 bits per heavy atom. The van der Waals surface area contributed by atoms with Gasteiger partial charge in [0.2, 0.25) is 0 Å². The topological polar surface area (TPSA) is 20.2 Å². The standard InChI is InChI=1S/C5H5O.Fe/c6-5-3-1-2-4-5;/h1-4,6H;/q-1;. The van der Waals surface area contributed by atoms with Crippen LogP contribution in [0.2, 0.25) is 0 Å². The number of rotatable bonds is 0. The van der Waals surface area contributed by atoms with Gasteiger partial charge < -0.3 is 5.11 Å². The van der Waals surface area contributed by atoms with Crippen LogP contribution in [0.3, 0.4) is 0 Å². The van der Waals surface area contributed by atoms with Crippen molar-refractivity contribution in [3.8, 4) is 5.75 Å². The normalized spacial score (nSPS) is 7.43. The molecule has 0 aromatic heterocycles. The summed E-state index contributed by atoms with van der Waals surface area (Å²) < 4.78 is 0. The molecule has 1 nitrogen and oxygen atoms in total. The zero-order valence-electron chi connectivity index (χ0n) is 3.61. The number of hydrogen-bond donors (Lipinski definition) is 1. The summed E-state index contributed by atoms with van der Waals surface area (Å²) in [7, 11) is 0. The maximum atomic E-state index is 8.47.